The summed E-state index contributed by atoms with van der Waals surface area (Å²) >= 11 is 3.63. The van der Waals surface area contributed by atoms with E-state index in [4.69, 9.17) is 5.73 Å². The molecule has 1 aliphatic rings. The van der Waals surface area contributed by atoms with Crippen molar-refractivity contribution in [3.8, 4) is 0 Å². The molecule has 0 spiro atoms. The number of hydrogen-bond acceptors (Lipinski definition) is 2. The van der Waals surface area contributed by atoms with Gasteiger partial charge in [0.1, 0.15) is 0 Å². The van der Waals surface area contributed by atoms with Gasteiger partial charge in [-0.3, -0.25) is 4.98 Å². The summed E-state index contributed by atoms with van der Waals surface area (Å²) in [5.74, 6) is 0.329. The topological polar surface area (TPSA) is 38.9 Å². The Morgan fingerprint density at radius 1 is 1.37 bits per heavy atom. The lowest BCUT2D eigenvalue weighted by atomic mass is 9.91. The number of halogens is 1. The molecule has 3 heteroatoms. The molecule has 1 aromatic carbocycles. The van der Waals surface area contributed by atoms with Crippen LogP contribution in [0.3, 0.4) is 0 Å². The van der Waals surface area contributed by atoms with E-state index in [9.17, 15) is 0 Å². The van der Waals surface area contributed by atoms with Crippen LogP contribution in [0, 0.1) is 6.92 Å². The minimum absolute atomic E-state index is 0.00567. The molecule has 0 aliphatic heterocycles. The van der Waals surface area contributed by atoms with Gasteiger partial charge in [0.25, 0.3) is 0 Å². The second kappa shape index (κ2) is 5.06. The number of nitrogens with two attached hydrogens (primary N) is 1. The van der Waals surface area contributed by atoms with Crippen LogP contribution >= 0.6 is 15.9 Å². The fourth-order valence-electron chi connectivity index (χ4n) is 2.91. The minimum atomic E-state index is 0.00567. The first-order chi connectivity index (χ1) is 9.16. The monoisotopic (exact) mass is 316 g/mol. The standard InChI is InChI=1S/C16H17BrN2/c1-10-4-6-12(14(17)9-10)15(18)13-7-5-11-3-2-8-19-16(11)13/h2-4,6,8-9,13,15H,5,7,18H2,1H3. The number of aromatic nitrogens is 1. The summed E-state index contributed by atoms with van der Waals surface area (Å²) in [5.41, 5.74) is 11.5. The minimum Gasteiger partial charge on any atom is -0.323 e. The first-order valence-electron chi connectivity index (χ1n) is 6.62. The molecule has 2 N–H and O–H groups in total. The van der Waals surface area contributed by atoms with Gasteiger partial charge in [0.05, 0.1) is 0 Å². The quantitative estimate of drug-likeness (QED) is 0.913. The van der Waals surface area contributed by atoms with Crippen molar-refractivity contribution < 1.29 is 0 Å². The van der Waals surface area contributed by atoms with Crippen LogP contribution < -0.4 is 5.73 Å². The highest BCUT2D eigenvalue weighted by molar-refractivity contribution is 9.10. The lowest BCUT2D eigenvalue weighted by molar-refractivity contribution is 0.539. The number of aryl methyl sites for hydroxylation is 2. The van der Waals surface area contributed by atoms with E-state index in [1.165, 1.54) is 22.4 Å². The van der Waals surface area contributed by atoms with Crippen molar-refractivity contribution in [3.63, 3.8) is 0 Å². The van der Waals surface area contributed by atoms with Gasteiger partial charge in [0.2, 0.25) is 0 Å². The van der Waals surface area contributed by atoms with Gasteiger partial charge in [-0.15, -0.1) is 0 Å². The first-order valence-corrected chi connectivity index (χ1v) is 7.41. The Labute approximate surface area is 122 Å². The van der Waals surface area contributed by atoms with Crippen molar-refractivity contribution in [2.24, 2.45) is 5.73 Å². The highest BCUT2D eigenvalue weighted by atomic mass is 79.9. The van der Waals surface area contributed by atoms with Crippen molar-refractivity contribution in [1.29, 1.82) is 0 Å². The zero-order valence-corrected chi connectivity index (χ0v) is 12.5. The van der Waals surface area contributed by atoms with Crippen LogP contribution in [-0.2, 0) is 6.42 Å². The molecular formula is C16H17BrN2. The zero-order chi connectivity index (χ0) is 13.4. The molecular weight excluding hydrogens is 300 g/mol. The van der Waals surface area contributed by atoms with E-state index in [1.54, 1.807) is 0 Å². The van der Waals surface area contributed by atoms with Crippen LogP contribution in [0.4, 0.5) is 0 Å². The van der Waals surface area contributed by atoms with Crippen molar-refractivity contribution in [3.05, 3.63) is 63.4 Å². The van der Waals surface area contributed by atoms with E-state index >= 15 is 0 Å². The molecule has 19 heavy (non-hydrogen) atoms. The predicted molar refractivity (Wildman–Crippen MR) is 81.1 cm³/mol. The average Bonchev–Trinajstić information content (AvgIpc) is 2.82. The smallest absolute Gasteiger partial charge is 0.0485 e. The lowest BCUT2D eigenvalue weighted by Crippen LogP contribution is -2.19. The third-order valence-electron chi connectivity index (χ3n) is 3.95. The van der Waals surface area contributed by atoms with E-state index in [2.05, 4.69) is 52.1 Å². The van der Waals surface area contributed by atoms with Crippen molar-refractivity contribution in [2.75, 3.05) is 0 Å². The highest BCUT2D eigenvalue weighted by Gasteiger charge is 2.30. The summed E-state index contributed by atoms with van der Waals surface area (Å²) in [7, 11) is 0. The lowest BCUT2D eigenvalue weighted by Gasteiger charge is -2.21. The molecule has 0 bridgehead atoms. The van der Waals surface area contributed by atoms with Crippen LogP contribution in [0.15, 0.2) is 41.0 Å². The molecule has 0 saturated heterocycles. The fraction of sp³-hybridized carbons (Fsp3) is 0.312. The van der Waals surface area contributed by atoms with Gasteiger partial charge in [-0.2, -0.15) is 0 Å². The number of benzene rings is 1. The fourth-order valence-corrected chi connectivity index (χ4v) is 3.67. The Kier molecular flexibility index (Phi) is 3.42. The largest absolute Gasteiger partial charge is 0.323 e. The van der Waals surface area contributed by atoms with Gasteiger partial charge >= 0.3 is 0 Å². The number of pyridine rings is 1. The van der Waals surface area contributed by atoms with Crippen molar-refractivity contribution in [2.45, 2.75) is 31.7 Å². The van der Waals surface area contributed by atoms with Crippen LogP contribution in [0.25, 0.3) is 0 Å². The van der Waals surface area contributed by atoms with Crippen molar-refractivity contribution in [1.82, 2.24) is 4.98 Å². The van der Waals surface area contributed by atoms with Gasteiger partial charge < -0.3 is 5.73 Å². The Balaban J connectivity index is 1.95. The number of rotatable bonds is 2. The average molecular weight is 317 g/mol. The number of hydrogen-bond donors (Lipinski definition) is 1. The summed E-state index contributed by atoms with van der Waals surface area (Å²) in [6.45, 7) is 2.09. The normalized spacial score (nSPS) is 19.2. The van der Waals surface area contributed by atoms with Gasteiger partial charge in [-0.05, 0) is 48.6 Å². The molecule has 2 aromatic rings. The Hall–Kier alpha value is -1.19. The molecule has 0 radical (unpaired) electrons. The summed E-state index contributed by atoms with van der Waals surface area (Å²) < 4.78 is 1.10. The van der Waals surface area contributed by atoms with E-state index in [0.29, 0.717) is 5.92 Å². The number of nitrogens with zero attached hydrogens (tertiary/aromatic N) is 1. The van der Waals surface area contributed by atoms with Gasteiger partial charge in [-0.25, -0.2) is 0 Å². The molecule has 1 heterocycles. The third kappa shape index (κ3) is 2.33. The second-order valence-electron chi connectivity index (χ2n) is 5.24. The molecule has 98 valence electrons. The van der Waals surface area contributed by atoms with Gasteiger partial charge in [0, 0.05) is 28.3 Å². The van der Waals surface area contributed by atoms with E-state index in [-0.39, 0.29) is 6.04 Å². The van der Waals surface area contributed by atoms with Crippen LogP contribution in [0.5, 0.6) is 0 Å². The maximum absolute atomic E-state index is 6.50. The van der Waals surface area contributed by atoms with Gasteiger partial charge in [-0.1, -0.05) is 34.1 Å². The highest BCUT2D eigenvalue weighted by Crippen LogP contribution is 2.40. The van der Waals surface area contributed by atoms with Crippen LogP contribution in [0.1, 0.15) is 40.8 Å². The third-order valence-corrected chi connectivity index (χ3v) is 4.64. The SMILES string of the molecule is Cc1ccc(C(N)C2CCc3cccnc32)c(Br)c1. The molecule has 0 saturated carbocycles. The summed E-state index contributed by atoms with van der Waals surface area (Å²) in [4.78, 5) is 4.54. The molecule has 2 nitrogen and oxygen atoms in total. The van der Waals surface area contributed by atoms with Crippen molar-refractivity contribution >= 4 is 15.9 Å². The van der Waals surface area contributed by atoms with E-state index < -0.39 is 0 Å². The summed E-state index contributed by atoms with van der Waals surface area (Å²) in [6, 6.07) is 10.6. The molecule has 2 atom stereocenters. The maximum atomic E-state index is 6.50. The predicted octanol–water partition coefficient (Wildman–Crippen LogP) is 3.88. The summed E-state index contributed by atoms with van der Waals surface area (Å²) in [5, 5.41) is 0. The summed E-state index contributed by atoms with van der Waals surface area (Å²) in [6.07, 6.45) is 4.05. The van der Waals surface area contributed by atoms with Crippen LogP contribution in [0.2, 0.25) is 0 Å². The number of fused-ring (bicyclic) bond motifs is 1. The molecule has 0 amide bonds. The molecule has 0 fully saturated rings. The first kappa shape index (κ1) is 12.8. The maximum Gasteiger partial charge on any atom is 0.0485 e. The van der Waals surface area contributed by atoms with E-state index in [1.807, 2.05) is 12.3 Å². The zero-order valence-electron chi connectivity index (χ0n) is 10.9. The van der Waals surface area contributed by atoms with Gasteiger partial charge in [0.15, 0.2) is 0 Å². The molecule has 1 aliphatic carbocycles. The molecule has 2 unspecified atom stereocenters. The van der Waals surface area contributed by atoms with E-state index in [0.717, 1.165) is 17.3 Å². The van der Waals surface area contributed by atoms with Crippen LogP contribution in [-0.4, -0.2) is 4.98 Å². The Morgan fingerprint density at radius 3 is 3.00 bits per heavy atom. The molecule has 1 aromatic heterocycles. The Bertz CT molecular complexity index is 609. The Morgan fingerprint density at radius 2 is 2.21 bits per heavy atom. The second-order valence-corrected chi connectivity index (χ2v) is 6.10. The molecule has 3 rings (SSSR count).